The van der Waals surface area contributed by atoms with E-state index in [0.29, 0.717) is 31.5 Å². The Balaban J connectivity index is 1.53. The van der Waals surface area contributed by atoms with Crippen molar-refractivity contribution in [3.8, 4) is 17.5 Å². The molecule has 1 fully saturated rings. The third-order valence-electron chi connectivity index (χ3n) is 5.31. The fourth-order valence-corrected chi connectivity index (χ4v) is 3.87. The van der Waals surface area contributed by atoms with E-state index in [1.807, 2.05) is 36.7 Å². The van der Waals surface area contributed by atoms with Crippen LogP contribution >= 0.6 is 0 Å². The molecular weight excluding hydrogens is 386 g/mol. The molecule has 1 aliphatic heterocycles. The van der Waals surface area contributed by atoms with Crippen molar-refractivity contribution in [1.82, 2.24) is 9.78 Å². The van der Waals surface area contributed by atoms with Crippen LogP contribution in [0.1, 0.15) is 29.8 Å². The summed E-state index contributed by atoms with van der Waals surface area (Å²) in [5.41, 5.74) is 4.34. The first-order chi connectivity index (χ1) is 14.4. The van der Waals surface area contributed by atoms with Crippen LogP contribution in [0.25, 0.3) is 5.69 Å². The van der Waals surface area contributed by atoms with Gasteiger partial charge in [0.1, 0.15) is 11.9 Å². The van der Waals surface area contributed by atoms with Crippen molar-refractivity contribution in [2.75, 3.05) is 18.0 Å². The van der Waals surface area contributed by atoms with Gasteiger partial charge in [-0.3, -0.25) is 0 Å². The van der Waals surface area contributed by atoms with Gasteiger partial charge in [0.2, 0.25) is 0 Å². The van der Waals surface area contributed by atoms with Crippen LogP contribution in [-0.4, -0.2) is 29.0 Å². The number of piperidine rings is 1. The van der Waals surface area contributed by atoms with E-state index in [4.69, 9.17) is 4.74 Å². The van der Waals surface area contributed by atoms with Crippen LogP contribution in [0, 0.1) is 36.8 Å². The van der Waals surface area contributed by atoms with Crippen LogP contribution in [-0.2, 0) is 0 Å². The summed E-state index contributed by atoms with van der Waals surface area (Å²) in [4.78, 5) is 2.23. The molecule has 0 atom stereocenters. The molecule has 2 aromatic carbocycles. The fraction of sp³-hybridized carbons (Fsp3) is 0.304. The maximum Gasteiger partial charge on any atom is 0.167 e. The summed E-state index contributed by atoms with van der Waals surface area (Å²) < 4.78 is 34.6. The highest BCUT2D eigenvalue weighted by molar-refractivity contribution is 5.65. The Labute approximate surface area is 174 Å². The zero-order valence-corrected chi connectivity index (χ0v) is 16.9. The van der Waals surface area contributed by atoms with Crippen LogP contribution in [0.4, 0.5) is 14.5 Å². The first-order valence-electron chi connectivity index (χ1n) is 9.89. The molecule has 0 aliphatic carbocycles. The van der Waals surface area contributed by atoms with Crippen LogP contribution in [0.2, 0.25) is 0 Å². The van der Waals surface area contributed by atoms with Crippen LogP contribution < -0.4 is 9.64 Å². The van der Waals surface area contributed by atoms with Gasteiger partial charge in [0.15, 0.2) is 11.6 Å². The number of nitriles is 1. The molecule has 0 unspecified atom stereocenters. The fourth-order valence-electron chi connectivity index (χ4n) is 3.87. The number of hydrogen-bond donors (Lipinski definition) is 0. The van der Waals surface area contributed by atoms with Crippen LogP contribution in [0.5, 0.6) is 5.75 Å². The predicted octanol–water partition coefficient (Wildman–Crippen LogP) is 4.69. The zero-order valence-electron chi connectivity index (χ0n) is 16.9. The highest BCUT2D eigenvalue weighted by Gasteiger charge is 2.24. The monoisotopic (exact) mass is 408 g/mol. The molecule has 5 nitrogen and oxygen atoms in total. The molecule has 30 heavy (non-hydrogen) atoms. The molecule has 0 saturated carbocycles. The Kier molecular flexibility index (Phi) is 5.40. The average molecular weight is 408 g/mol. The standard InChI is InChI=1S/C23H22F2N4O/c1-15-11-16(2)29(27-15)22-12-17(14-26)3-5-21(22)28-9-7-19(8-10-28)30-23-6-4-18(24)13-20(23)25/h3-6,11-13,19H,7-10H2,1-2H3. The minimum absolute atomic E-state index is 0.0801. The third kappa shape index (κ3) is 3.99. The lowest BCUT2D eigenvalue weighted by atomic mass is 10.1. The van der Waals surface area contributed by atoms with Crippen LogP contribution in [0.3, 0.4) is 0 Å². The van der Waals surface area contributed by atoms with Crippen molar-refractivity contribution in [1.29, 1.82) is 5.26 Å². The van der Waals surface area contributed by atoms with Crippen molar-refractivity contribution in [2.45, 2.75) is 32.8 Å². The molecule has 1 aliphatic rings. The molecule has 1 saturated heterocycles. The molecule has 0 N–H and O–H groups in total. The summed E-state index contributed by atoms with van der Waals surface area (Å²) in [7, 11) is 0. The number of aryl methyl sites for hydroxylation is 2. The summed E-state index contributed by atoms with van der Waals surface area (Å²) >= 11 is 0. The maximum absolute atomic E-state index is 13.9. The van der Waals surface area contributed by atoms with Gasteiger partial charge in [-0.1, -0.05) is 0 Å². The molecule has 2 heterocycles. The Hall–Kier alpha value is -3.40. The van der Waals surface area contributed by atoms with Gasteiger partial charge in [-0.2, -0.15) is 10.4 Å². The molecule has 0 amide bonds. The van der Waals surface area contributed by atoms with E-state index >= 15 is 0 Å². The number of benzene rings is 2. The second-order valence-corrected chi connectivity index (χ2v) is 7.53. The number of hydrogen-bond acceptors (Lipinski definition) is 4. The summed E-state index contributed by atoms with van der Waals surface area (Å²) in [6.45, 7) is 5.35. The molecule has 1 aromatic heterocycles. The largest absolute Gasteiger partial charge is 0.487 e. The van der Waals surface area contributed by atoms with Crippen molar-refractivity contribution in [2.24, 2.45) is 0 Å². The van der Waals surface area contributed by atoms with Crippen molar-refractivity contribution < 1.29 is 13.5 Å². The highest BCUT2D eigenvalue weighted by atomic mass is 19.1. The number of halogens is 2. The van der Waals surface area contributed by atoms with Gasteiger partial charge < -0.3 is 9.64 Å². The zero-order chi connectivity index (χ0) is 21.3. The topological polar surface area (TPSA) is 54.1 Å². The van der Waals surface area contributed by atoms with Gasteiger partial charge in [-0.15, -0.1) is 0 Å². The van der Waals surface area contributed by atoms with Gasteiger partial charge in [0.05, 0.1) is 28.7 Å². The second-order valence-electron chi connectivity index (χ2n) is 7.53. The maximum atomic E-state index is 13.9. The normalized spacial score (nSPS) is 14.6. The smallest absolute Gasteiger partial charge is 0.167 e. The molecular formula is C23H22F2N4O. The Bertz CT molecular complexity index is 1110. The molecule has 4 rings (SSSR count). The number of rotatable bonds is 4. The number of aromatic nitrogens is 2. The molecule has 3 aromatic rings. The lowest BCUT2D eigenvalue weighted by molar-refractivity contribution is 0.163. The summed E-state index contributed by atoms with van der Waals surface area (Å²) in [6, 6.07) is 13.2. The van der Waals surface area contributed by atoms with Crippen molar-refractivity contribution in [3.05, 3.63) is 71.1 Å². The quantitative estimate of drug-likeness (QED) is 0.629. The van der Waals surface area contributed by atoms with E-state index in [0.717, 1.165) is 28.8 Å². The summed E-state index contributed by atoms with van der Waals surface area (Å²) in [5.74, 6) is -1.22. The number of anilines is 1. The molecule has 0 radical (unpaired) electrons. The van der Waals surface area contributed by atoms with Crippen molar-refractivity contribution >= 4 is 5.69 Å². The first-order valence-corrected chi connectivity index (χ1v) is 9.89. The number of ether oxygens (including phenoxy) is 1. The predicted molar refractivity (Wildman–Crippen MR) is 110 cm³/mol. The minimum Gasteiger partial charge on any atom is -0.487 e. The Morgan fingerprint density at radius 2 is 1.80 bits per heavy atom. The van der Waals surface area contributed by atoms with Gasteiger partial charge in [0.25, 0.3) is 0 Å². The Morgan fingerprint density at radius 1 is 1.03 bits per heavy atom. The van der Waals surface area contributed by atoms with E-state index < -0.39 is 11.6 Å². The first kappa shape index (κ1) is 19.9. The van der Waals surface area contributed by atoms with Gasteiger partial charge in [-0.05, 0) is 50.2 Å². The van der Waals surface area contributed by atoms with E-state index in [1.54, 1.807) is 6.07 Å². The van der Waals surface area contributed by atoms with E-state index in [9.17, 15) is 14.0 Å². The van der Waals surface area contributed by atoms with Gasteiger partial charge in [-0.25, -0.2) is 13.5 Å². The highest BCUT2D eigenvalue weighted by Crippen LogP contribution is 2.30. The molecule has 7 heteroatoms. The number of nitrogens with zero attached hydrogens (tertiary/aromatic N) is 4. The van der Waals surface area contributed by atoms with E-state index in [1.165, 1.54) is 12.1 Å². The lowest BCUT2D eigenvalue weighted by Gasteiger charge is -2.35. The summed E-state index contributed by atoms with van der Waals surface area (Å²) in [6.07, 6.45) is 1.26. The molecule has 0 spiro atoms. The van der Waals surface area contributed by atoms with E-state index in [-0.39, 0.29) is 11.9 Å². The molecule has 154 valence electrons. The Morgan fingerprint density at radius 3 is 2.43 bits per heavy atom. The molecule has 0 bridgehead atoms. The minimum atomic E-state index is -0.684. The lowest BCUT2D eigenvalue weighted by Crippen LogP contribution is -2.39. The average Bonchev–Trinajstić information content (AvgIpc) is 3.08. The van der Waals surface area contributed by atoms with Gasteiger partial charge >= 0.3 is 0 Å². The van der Waals surface area contributed by atoms with Gasteiger partial charge in [0, 0.05) is 37.7 Å². The SMILES string of the molecule is Cc1cc(C)n(-c2cc(C#N)ccc2N2CCC(Oc3ccc(F)cc3F)CC2)n1. The van der Waals surface area contributed by atoms with Crippen molar-refractivity contribution in [3.63, 3.8) is 0 Å². The second kappa shape index (κ2) is 8.15. The summed E-state index contributed by atoms with van der Waals surface area (Å²) in [5, 5.41) is 13.9. The third-order valence-corrected chi connectivity index (χ3v) is 5.31. The van der Waals surface area contributed by atoms with Crippen LogP contribution in [0.15, 0.2) is 42.5 Å². The van der Waals surface area contributed by atoms with E-state index in [2.05, 4.69) is 16.1 Å².